The molecule has 6 heteroatoms. The normalized spacial score (nSPS) is 12.9. The predicted octanol–water partition coefficient (Wildman–Crippen LogP) is 2.03. The van der Waals surface area contributed by atoms with Gasteiger partial charge >= 0.3 is 0 Å². The smallest absolute Gasteiger partial charge is 0.0738 e. The molecule has 19 heavy (non-hydrogen) atoms. The number of nitrogens with zero attached hydrogens (tertiary/aromatic N) is 4. The maximum absolute atomic E-state index is 6.35. The molecule has 104 valence electrons. The van der Waals surface area contributed by atoms with Crippen LogP contribution in [0.1, 0.15) is 35.6 Å². The molecule has 0 aliphatic heterocycles. The Morgan fingerprint density at radius 2 is 2.05 bits per heavy atom. The van der Waals surface area contributed by atoms with Gasteiger partial charge in [-0.05, 0) is 29.3 Å². The average Bonchev–Trinajstić information content (AvgIpc) is 2.85. The highest BCUT2D eigenvalue weighted by Gasteiger charge is 2.19. The van der Waals surface area contributed by atoms with E-state index in [4.69, 9.17) is 5.73 Å². The van der Waals surface area contributed by atoms with E-state index < -0.39 is 0 Å². The molecule has 2 heterocycles. The van der Waals surface area contributed by atoms with Crippen molar-refractivity contribution in [2.24, 2.45) is 19.8 Å². The number of halogens is 1. The molecule has 0 aliphatic carbocycles. The van der Waals surface area contributed by atoms with E-state index in [1.165, 1.54) is 0 Å². The second kappa shape index (κ2) is 5.46. The number of nitrogens with two attached hydrogens (primary N) is 1. The SMILES string of the molecule is CCc1nn(C)cc1C(N)Cc1c(Br)c(C)nn1C. The van der Waals surface area contributed by atoms with Crippen molar-refractivity contribution in [2.45, 2.75) is 32.7 Å². The second-order valence-corrected chi connectivity index (χ2v) is 5.63. The van der Waals surface area contributed by atoms with Crippen molar-refractivity contribution in [2.75, 3.05) is 0 Å². The van der Waals surface area contributed by atoms with E-state index in [1.807, 2.05) is 36.6 Å². The third-order valence-electron chi connectivity index (χ3n) is 3.35. The molecule has 5 nitrogen and oxygen atoms in total. The Morgan fingerprint density at radius 3 is 2.58 bits per heavy atom. The molecule has 2 aromatic heterocycles. The van der Waals surface area contributed by atoms with Crippen LogP contribution >= 0.6 is 15.9 Å². The molecule has 0 saturated heterocycles. The molecule has 0 fully saturated rings. The van der Waals surface area contributed by atoms with Crippen LogP contribution in [0.5, 0.6) is 0 Å². The standard InChI is InChI=1S/C13H20BrN5/c1-5-11-9(7-18(3)17-11)10(15)6-12-13(14)8(2)16-19(12)4/h7,10H,5-6,15H2,1-4H3. The molecular formula is C13H20BrN5. The van der Waals surface area contributed by atoms with Gasteiger partial charge in [-0.2, -0.15) is 10.2 Å². The lowest BCUT2D eigenvalue weighted by Gasteiger charge is -2.12. The fourth-order valence-corrected chi connectivity index (χ4v) is 2.86. The number of aromatic nitrogens is 4. The molecule has 0 bridgehead atoms. The summed E-state index contributed by atoms with van der Waals surface area (Å²) >= 11 is 3.58. The Hall–Kier alpha value is -1.14. The largest absolute Gasteiger partial charge is 0.324 e. The zero-order chi connectivity index (χ0) is 14.2. The quantitative estimate of drug-likeness (QED) is 0.935. The van der Waals surface area contributed by atoms with Crippen LogP contribution in [0.2, 0.25) is 0 Å². The number of rotatable bonds is 4. The Kier molecular flexibility index (Phi) is 4.10. The molecule has 1 atom stereocenters. The van der Waals surface area contributed by atoms with Crippen molar-refractivity contribution in [1.29, 1.82) is 0 Å². The van der Waals surface area contributed by atoms with Crippen molar-refractivity contribution < 1.29 is 0 Å². The van der Waals surface area contributed by atoms with Crippen LogP contribution < -0.4 is 5.73 Å². The maximum atomic E-state index is 6.35. The predicted molar refractivity (Wildman–Crippen MR) is 78.9 cm³/mol. The van der Waals surface area contributed by atoms with E-state index in [0.717, 1.165) is 40.0 Å². The first kappa shape index (κ1) is 14.3. The first-order valence-corrected chi connectivity index (χ1v) is 7.19. The fraction of sp³-hybridized carbons (Fsp3) is 0.538. The summed E-state index contributed by atoms with van der Waals surface area (Å²) in [5, 5.41) is 8.84. The summed E-state index contributed by atoms with van der Waals surface area (Å²) in [4.78, 5) is 0. The van der Waals surface area contributed by atoms with Crippen molar-refractivity contribution in [3.8, 4) is 0 Å². The van der Waals surface area contributed by atoms with Gasteiger partial charge in [-0.3, -0.25) is 9.36 Å². The lowest BCUT2D eigenvalue weighted by atomic mass is 10.0. The maximum Gasteiger partial charge on any atom is 0.0738 e. The Morgan fingerprint density at radius 1 is 1.37 bits per heavy atom. The summed E-state index contributed by atoms with van der Waals surface area (Å²) in [6.07, 6.45) is 3.66. The fourth-order valence-electron chi connectivity index (χ4n) is 2.36. The van der Waals surface area contributed by atoms with E-state index in [1.54, 1.807) is 0 Å². The van der Waals surface area contributed by atoms with Crippen molar-refractivity contribution >= 4 is 15.9 Å². The van der Waals surface area contributed by atoms with Gasteiger partial charge in [0.05, 0.1) is 21.6 Å². The summed E-state index contributed by atoms with van der Waals surface area (Å²) in [5.41, 5.74) is 10.7. The van der Waals surface area contributed by atoms with Gasteiger partial charge in [-0.1, -0.05) is 6.92 Å². The monoisotopic (exact) mass is 325 g/mol. The summed E-state index contributed by atoms with van der Waals surface area (Å²) in [5.74, 6) is 0. The van der Waals surface area contributed by atoms with Gasteiger partial charge in [0.15, 0.2) is 0 Å². The summed E-state index contributed by atoms with van der Waals surface area (Å²) < 4.78 is 4.77. The Labute approximate surface area is 121 Å². The Bertz CT molecular complexity index is 584. The molecule has 1 unspecified atom stereocenters. The highest BCUT2D eigenvalue weighted by Crippen LogP contribution is 2.26. The van der Waals surface area contributed by atoms with E-state index in [2.05, 4.69) is 33.1 Å². The van der Waals surface area contributed by atoms with Gasteiger partial charge in [-0.15, -0.1) is 0 Å². The lowest BCUT2D eigenvalue weighted by Crippen LogP contribution is -2.16. The van der Waals surface area contributed by atoms with E-state index >= 15 is 0 Å². The average molecular weight is 326 g/mol. The highest BCUT2D eigenvalue weighted by atomic mass is 79.9. The van der Waals surface area contributed by atoms with Gasteiger partial charge < -0.3 is 5.73 Å². The van der Waals surface area contributed by atoms with Crippen LogP contribution in [0, 0.1) is 6.92 Å². The van der Waals surface area contributed by atoms with E-state index in [9.17, 15) is 0 Å². The molecule has 0 spiro atoms. The summed E-state index contributed by atoms with van der Waals surface area (Å²) in [7, 11) is 3.88. The van der Waals surface area contributed by atoms with E-state index in [0.29, 0.717) is 0 Å². The minimum atomic E-state index is -0.0604. The van der Waals surface area contributed by atoms with Gasteiger partial charge in [0.25, 0.3) is 0 Å². The first-order chi connectivity index (χ1) is 8.93. The van der Waals surface area contributed by atoms with Gasteiger partial charge in [0, 0.05) is 38.3 Å². The molecule has 0 radical (unpaired) electrons. The topological polar surface area (TPSA) is 61.7 Å². The second-order valence-electron chi connectivity index (χ2n) is 4.84. The Balaban J connectivity index is 2.27. The van der Waals surface area contributed by atoms with Crippen LogP contribution in [0.4, 0.5) is 0 Å². The molecule has 0 aliphatic rings. The number of aryl methyl sites for hydroxylation is 4. The third kappa shape index (κ3) is 2.74. The zero-order valence-corrected chi connectivity index (χ0v) is 13.4. The minimum absolute atomic E-state index is 0.0604. The molecule has 0 saturated carbocycles. The molecule has 2 rings (SSSR count). The molecule has 2 N–H and O–H groups in total. The van der Waals surface area contributed by atoms with Crippen LogP contribution in [0.15, 0.2) is 10.7 Å². The first-order valence-electron chi connectivity index (χ1n) is 6.40. The molecule has 0 amide bonds. The zero-order valence-electron chi connectivity index (χ0n) is 11.8. The lowest BCUT2D eigenvalue weighted by molar-refractivity contribution is 0.634. The molecular weight excluding hydrogens is 306 g/mol. The third-order valence-corrected chi connectivity index (χ3v) is 4.38. The van der Waals surface area contributed by atoms with Crippen molar-refractivity contribution in [3.05, 3.63) is 33.3 Å². The minimum Gasteiger partial charge on any atom is -0.324 e. The van der Waals surface area contributed by atoms with Crippen molar-refractivity contribution in [3.63, 3.8) is 0 Å². The summed E-state index contributed by atoms with van der Waals surface area (Å²) in [6, 6.07) is -0.0604. The number of hydrogen-bond acceptors (Lipinski definition) is 3. The summed E-state index contributed by atoms with van der Waals surface area (Å²) in [6.45, 7) is 4.09. The molecule has 2 aromatic rings. The molecule has 0 aromatic carbocycles. The van der Waals surface area contributed by atoms with Crippen LogP contribution in [0.3, 0.4) is 0 Å². The number of hydrogen-bond donors (Lipinski definition) is 1. The van der Waals surface area contributed by atoms with Gasteiger partial charge in [-0.25, -0.2) is 0 Å². The van der Waals surface area contributed by atoms with Crippen LogP contribution in [-0.4, -0.2) is 19.6 Å². The van der Waals surface area contributed by atoms with Gasteiger partial charge in [0.1, 0.15) is 0 Å². The van der Waals surface area contributed by atoms with Crippen LogP contribution in [0.25, 0.3) is 0 Å². The van der Waals surface area contributed by atoms with Crippen molar-refractivity contribution in [1.82, 2.24) is 19.6 Å². The van der Waals surface area contributed by atoms with Crippen LogP contribution in [-0.2, 0) is 26.9 Å². The van der Waals surface area contributed by atoms with E-state index in [-0.39, 0.29) is 6.04 Å². The van der Waals surface area contributed by atoms with Gasteiger partial charge in [0.2, 0.25) is 0 Å². The highest BCUT2D eigenvalue weighted by molar-refractivity contribution is 9.10.